The van der Waals surface area contributed by atoms with Gasteiger partial charge >= 0.3 is 6.18 Å². The summed E-state index contributed by atoms with van der Waals surface area (Å²) in [7, 11) is 0. The number of alkyl halides is 3. The van der Waals surface area contributed by atoms with E-state index in [1.807, 2.05) is 11.0 Å². The zero-order valence-corrected chi connectivity index (χ0v) is 22.8. The van der Waals surface area contributed by atoms with Gasteiger partial charge in [0.05, 0.1) is 10.6 Å². The number of halogens is 4. The minimum Gasteiger partial charge on any atom is -0.335 e. The molecule has 0 spiro atoms. The molecule has 2 saturated heterocycles. The number of fused-ring (bicyclic) bond motifs is 1. The average Bonchev–Trinajstić information content (AvgIpc) is 3.66. The van der Waals surface area contributed by atoms with Crippen molar-refractivity contribution >= 4 is 56.2 Å². The van der Waals surface area contributed by atoms with Gasteiger partial charge in [-0.25, -0.2) is 4.98 Å². The van der Waals surface area contributed by atoms with E-state index in [4.69, 9.17) is 11.6 Å². The Kier molecular flexibility index (Phi) is 6.86. The van der Waals surface area contributed by atoms with Crippen LogP contribution in [-0.2, 0) is 6.18 Å². The molecule has 6 nitrogen and oxygen atoms in total. The van der Waals surface area contributed by atoms with Gasteiger partial charge in [0.1, 0.15) is 4.88 Å². The van der Waals surface area contributed by atoms with Crippen molar-refractivity contribution in [3.8, 4) is 11.1 Å². The van der Waals surface area contributed by atoms with E-state index in [0.29, 0.717) is 46.6 Å². The van der Waals surface area contributed by atoms with E-state index in [1.54, 1.807) is 28.6 Å². The summed E-state index contributed by atoms with van der Waals surface area (Å²) in [5.74, 6) is -0.178. The standard InChI is InChI=1S/C27H22ClF3N4O2S2/c28-22-20-6-3-16(15-1-4-17(5-2-15)27(29,30)31)11-21(20)39-23(22)25(36)35-13-19(14-35)33-18-7-9-34(12-18)26(37)24-32-8-10-38-24/h1-6,8,10-11,18-19,33H,7,9,12-14H2/t18-/m0/s1. The molecule has 202 valence electrons. The van der Waals surface area contributed by atoms with E-state index >= 15 is 0 Å². The first-order valence-corrected chi connectivity index (χ1v) is 14.4. The zero-order valence-electron chi connectivity index (χ0n) is 20.4. The van der Waals surface area contributed by atoms with Crippen molar-refractivity contribution in [2.24, 2.45) is 0 Å². The molecular weight excluding hydrogens is 569 g/mol. The van der Waals surface area contributed by atoms with E-state index in [0.717, 1.165) is 34.2 Å². The summed E-state index contributed by atoms with van der Waals surface area (Å²) in [4.78, 5) is 33.9. The number of aromatic nitrogens is 1. The maximum Gasteiger partial charge on any atom is 0.416 e. The maximum absolute atomic E-state index is 13.2. The quantitative estimate of drug-likeness (QED) is 0.308. The second-order valence-electron chi connectivity index (χ2n) is 9.68. The Morgan fingerprint density at radius 1 is 0.974 bits per heavy atom. The molecule has 1 N–H and O–H groups in total. The van der Waals surface area contributed by atoms with E-state index in [1.165, 1.54) is 34.8 Å². The number of hydrogen-bond acceptors (Lipinski definition) is 6. The topological polar surface area (TPSA) is 65.5 Å². The van der Waals surface area contributed by atoms with E-state index in [2.05, 4.69) is 10.3 Å². The second kappa shape index (κ2) is 10.2. The number of amides is 2. The number of benzene rings is 2. The lowest BCUT2D eigenvalue weighted by Gasteiger charge is -2.41. The predicted molar refractivity (Wildman–Crippen MR) is 147 cm³/mol. The van der Waals surface area contributed by atoms with Gasteiger partial charge in [0, 0.05) is 59.9 Å². The Labute approximate surface area is 235 Å². The third-order valence-corrected chi connectivity index (χ3v) is 9.51. The molecule has 2 amide bonds. The van der Waals surface area contributed by atoms with Gasteiger partial charge in [-0.05, 0) is 35.7 Å². The van der Waals surface area contributed by atoms with E-state index in [9.17, 15) is 22.8 Å². The molecule has 2 aliphatic rings. The summed E-state index contributed by atoms with van der Waals surface area (Å²) in [6.07, 6.45) is -1.90. The Hall–Kier alpha value is -2.99. The number of nitrogens with one attached hydrogen (secondary N) is 1. The van der Waals surface area contributed by atoms with Crippen LogP contribution in [-0.4, -0.2) is 64.9 Å². The molecule has 2 aromatic heterocycles. The maximum atomic E-state index is 13.2. The molecule has 2 fully saturated rings. The summed E-state index contributed by atoms with van der Waals surface area (Å²) in [5.41, 5.74) is 0.703. The van der Waals surface area contributed by atoms with Crippen LogP contribution < -0.4 is 5.32 Å². The molecule has 6 rings (SSSR count). The van der Waals surface area contributed by atoms with Crippen molar-refractivity contribution < 1.29 is 22.8 Å². The highest BCUT2D eigenvalue weighted by Gasteiger charge is 2.37. The van der Waals surface area contributed by atoms with Crippen LogP contribution in [0.25, 0.3) is 21.2 Å². The predicted octanol–water partition coefficient (Wildman–Crippen LogP) is 6.03. The molecule has 39 heavy (non-hydrogen) atoms. The monoisotopic (exact) mass is 590 g/mol. The number of hydrogen-bond donors (Lipinski definition) is 1. The van der Waals surface area contributed by atoms with Gasteiger partial charge in [-0.1, -0.05) is 35.9 Å². The third kappa shape index (κ3) is 5.16. The summed E-state index contributed by atoms with van der Waals surface area (Å²) in [6.45, 7) is 2.40. The highest BCUT2D eigenvalue weighted by Crippen LogP contribution is 2.39. The van der Waals surface area contributed by atoms with Gasteiger partial charge in [-0.2, -0.15) is 13.2 Å². The molecule has 1 atom stereocenters. The Balaban J connectivity index is 1.08. The van der Waals surface area contributed by atoms with Crippen LogP contribution >= 0.6 is 34.3 Å². The largest absolute Gasteiger partial charge is 0.416 e. The van der Waals surface area contributed by atoms with Crippen LogP contribution in [0, 0.1) is 0 Å². The molecule has 0 aliphatic carbocycles. The van der Waals surface area contributed by atoms with Gasteiger partial charge in [-0.3, -0.25) is 9.59 Å². The van der Waals surface area contributed by atoms with Crippen LogP contribution in [0.15, 0.2) is 54.0 Å². The van der Waals surface area contributed by atoms with Crippen molar-refractivity contribution in [2.45, 2.75) is 24.7 Å². The number of likely N-dealkylation sites (tertiary alicyclic amines) is 2. The highest BCUT2D eigenvalue weighted by molar-refractivity contribution is 7.21. The Morgan fingerprint density at radius 2 is 1.69 bits per heavy atom. The third-order valence-electron chi connectivity index (χ3n) is 7.10. The molecule has 4 heterocycles. The molecular formula is C27H22ClF3N4O2S2. The number of thiophene rings is 1. The Morgan fingerprint density at radius 3 is 2.38 bits per heavy atom. The van der Waals surface area contributed by atoms with Crippen LogP contribution in [0.1, 0.15) is 31.5 Å². The van der Waals surface area contributed by atoms with Gasteiger partial charge in [-0.15, -0.1) is 22.7 Å². The fourth-order valence-corrected chi connectivity index (χ4v) is 7.13. The molecule has 4 aromatic rings. The summed E-state index contributed by atoms with van der Waals surface area (Å²) in [5, 5.41) is 6.98. The number of rotatable bonds is 5. The average molecular weight is 591 g/mol. The van der Waals surface area contributed by atoms with Crippen LogP contribution in [0.2, 0.25) is 5.02 Å². The van der Waals surface area contributed by atoms with Crippen molar-refractivity contribution in [1.82, 2.24) is 20.1 Å². The molecule has 0 unspecified atom stereocenters. The van der Waals surface area contributed by atoms with Crippen molar-refractivity contribution in [1.29, 1.82) is 0 Å². The van der Waals surface area contributed by atoms with Crippen molar-refractivity contribution in [3.63, 3.8) is 0 Å². The van der Waals surface area contributed by atoms with Gasteiger partial charge in [0.15, 0.2) is 5.01 Å². The molecule has 2 aromatic carbocycles. The number of thiazole rings is 1. The molecule has 2 aliphatic heterocycles. The zero-order chi connectivity index (χ0) is 27.3. The minimum atomic E-state index is -4.39. The van der Waals surface area contributed by atoms with Gasteiger partial charge in [0.25, 0.3) is 11.8 Å². The van der Waals surface area contributed by atoms with Crippen molar-refractivity contribution in [2.75, 3.05) is 26.2 Å². The van der Waals surface area contributed by atoms with Crippen molar-refractivity contribution in [3.05, 3.63) is 74.5 Å². The Bertz CT molecular complexity index is 1530. The summed E-state index contributed by atoms with van der Waals surface area (Å²) < 4.78 is 39.5. The normalized spacial score (nSPS) is 18.1. The van der Waals surface area contributed by atoms with Gasteiger partial charge in [0.2, 0.25) is 0 Å². The first-order chi connectivity index (χ1) is 18.7. The van der Waals surface area contributed by atoms with Crippen LogP contribution in [0.5, 0.6) is 0 Å². The minimum absolute atomic E-state index is 0.0411. The van der Waals surface area contributed by atoms with Crippen LogP contribution in [0.4, 0.5) is 13.2 Å². The fraction of sp³-hybridized carbons (Fsp3) is 0.296. The van der Waals surface area contributed by atoms with E-state index < -0.39 is 11.7 Å². The lowest BCUT2D eigenvalue weighted by Crippen LogP contribution is -2.62. The first kappa shape index (κ1) is 26.2. The second-order valence-corrected chi connectivity index (χ2v) is 12.0. The fourth-order valence-electron chi connectivity index (χ4n) is 5.01. The number of nitrogens with zero attached hydrogens (tertiary/aromatic N) is 3. The first-order valence-electron chi connectivity index (χ1n) is 12.3. The summed E-state index contributed by atoms with van der Waals surface area (Å²) in [6, 6.07) is 10.8. The van der Waals surface area contributed by atoms with Crippen LogP contribution in [0.3, 0.4) is 0 Å². The molecule has 12 heteroatoms. The molecule has 0 saturated carbocycles. The smallest absolute Gasteiger partial charge is 0.335 e. The lowest BCUT2D eigenvalue weighted by atomic mass is 10.0. The lowest BCUT2D eigenvalue weighted by molar-refractivity contribution is -0.137. The van der Waals surface area contributed by atoms with E-state index in [-0.39, 0.29) is 23.9 Å². The SMILES string of the molecule is O=C(c1nccs1)N1CC[C@H](NC2CN(C(=O)c3sc4cc(-c5ccc(C(F)(F)F)cc5)ccc4c3Cl)C2)C1. The summed E-state index contributed by atoms with van der Waals surface area (Å²) >= 11 is 9.22. The molecule has 0 bridgehead atoms. The van der Waals surface area contributed by atoms with Gasteiger partial charge < -0.3 is 15.1 Å². The molecule has 0 radical (unpaired) electrons. The highest BCUT2D eigenvalue weighted by atomic mass is 35.5. The number of carbonyl (C=O) groups is 2. The number of carbonyl (C=O) groups excluding carboxylic acids is 2.